The van der Waals surface area contributed by atoms with Crippen molar-refractivity contribution in [2.24, 2.45) is 5.10 Å². The van der Waals surface area contributed by atoms with Gasteiger partial charge in [0.1, 0.15) is 0 Å². The quantitative estimate of drug-likeness (QED) is 0.344. The van der Waals surface area contributed by atoms with Gasteiger partial charge in [0.15, 0.2) is 0 Å². The third-order valence-corrected chi connectivity index (χ3v) is 6.58. The van der Waals surface area contributed by atoms with E-state index in [0.717, 1.165) is 26.5 Å². The summed E-state index contributed by atoms with van der Waals surface area (Å²) in [6.45, 7) is 1.49. The first-order valence-electron chi connectivity index (χ1n) is 10.5. The summed E-state index contributed by atoms with van der Waals surface area (Å²) in [5.41, 5.74) is 4.07. The van der Waals surface area contributed by atoms with E-state index in [1.54, 1.807) is 12.1 Å². The molecule has 0 fully saturated rings. The molecule has 0 spiro atoms. The molecule has 1 aliphatic rings. The fraction of sp³-hybridized carbons (Fsp3) is 0.115. The Bertz CT molecular complexity index is 1460. The third-order valence-electron chi connectivity index (χ3n) is 5.82. The SMILES string of the molecule is CC(=O)N1N=C(c2c(-c3ccccc3)c3cc(Cl)ccc3[nH]c2=O)C[C@H]1c1ccc(Br)cc1. The summed E-state index contributed by atoms with van der Waals surface area (Å²) in [6, 6.07) is 22.6. The maximum Gasteiger partial charge on any atom is 0.258 e. The van der Waals surface area contributed by atoms with Gasteiger partial charge in [-0.25, -0.2) is 5.01 Å². The van der Waals surface area contributed by atoms with E-state index < -0.39 is 0 Å². The highest BCUT2D eigenvalue weighted by Crippen LogP contribution is 2.37. The van der Waals surface area contributed by atoms with E-state index in [-0.39, 0.29) is 17.5 Å². The predicted molar refractivity (Wildman–Crippen MR) is 136 cm³/mol. The molecule has 1 aliphatic heterocycles. The molecule has 0 saturated heterocycles. The average Bonchev–Trinajstić information content (AvgIpc) is 3.25. The Morgan fingerprint density at radius 1 is 1.06 bits per heavy atom. The Morgan fingerprint density at radius 3 is 2.48 bits per heavy atom. The molecule has 0 bridgehead atoms. The minimum Gasteiger partial charge on any atom is -0.321 e. The lowest BCUT2D eigenvalue weighted by molar-refractivity contribution is -0.130. The Morgan fingerprint density at radius 2 is 1.79 bits per heavy atom. The highest BCUT2D eigenvalue weighted by atomic mass is 79.9. The van der Waals surface area contributed by atoms with Crippen LogP contribution in [0.5, 0.6) is 0 Å². The molecule has 1 aromatic heterocycles. The molecule has 164 valence electrons. The summed E-state index contributed by atoms with van der Waals surface area (Å²) in [5.74, 6) is -0.181. The van der Waals surface area contributed by atoms with Gasteiger partial charge in [0, 0.05) is 39.3 Å². The lowest BCUT2D eigenvalue weighted by atomic mass is 9.91. The molecule has 1 amide bonds. The zero-order valence-electron chi connectivity index (χ0n) is 17.7. The molecule has 4 aromatic rings. The predicted octanol–water partition coefficient (Wildman–Crippen LogP) is 6.31. The van der Waals surface area contributed by atoms with Crippen molar-refractivity contribution in [1.29, 1.82) is 0 Å². The number of amides is 1. The summed E-state index contributed by atoms with van der Waals surface area (Å²) in [7, 11) is 0. The van der Waals surface area contributed by atoms with Gasteiger partial charge in [0.25, 0.3) is 5.56 Å². The molecule has 7 heteroatoms. The summed E-state index contributed by atoms with van der Waals surface area (Å²) in [6.07, 6.45) is 0.427. The van der Waals surface area contributed by atoms with Gasteiger partial charge >= 0.3 is 0 Å². The number of fused-ring (bicyclic) bond motifs is 1. The number of pyridine rings is 1. The molecule has 33 heavy (non-hydrogen) atoms. The van der Waals surface area contributed by atoms with Crippen molar-refractivity contribution in [3.8, 4) is 11.1 Å². The van der Waals surface area contributed by atoms with Crippen molar-refractivity contribution in [3.05, 3.63) is 104 Å². The van der Waals surface area contributed by atoms with Gasteiger partial charge in [0.05, 0.1) is 17.3 Å². The number of carbonyl (C=O) groups is 1. The zero-order chi connectivity index (χ0) is 23.1. The Kier molecular flexibility index (Phi) is 5.64. The summed E-state index contributed by atoms with van der Waals surface area (Å²) >= 11 is 9.79. The van der Waals surface area contributed by atoms with Crippen LogP contribution in [-0.2, 0) is 4.79 Å². The number of hydrogen-bond donors (Lipinski definition) is 1. The molecule has 3 aromatic carbocycles. The second-order valence-corrected chi connectivity index (χ2v) is 9.29. The molecule has 1 N–H and O–H groups in total. The molecule has 0 unspecified atom stereocenters. The number of rotatable bonds is 3. The van der Waals surface area contributed by atoms with Crippen LogP contribution in [0.2, 0.25) is 5.02 Å². The van der Waals surface area contributed by atoms with Gasteiger partial charge in [-0.05, 0) is 41.5 Å². The Balaban J connectivity index is 1.74. The van der Waals surface area contributed by atoms with Gasteiger partial charge < -0.3 is 4.98 Å². The van der Waals surface area contributed by atoms with Gasteiger partial charge in [0.2, 0.25) is 5.91 Å². The fourth-order valence-electron chi connectivity index (χ4n) is 4.34. The molecular formula is C26H19BrClN3O2. The van der Waals surface area contributed by atoms with Gasteiger partial charge in [-0.2, -0.15) is 5.10 Å². The van der Waals surface area contributed by atoms with Crippen LogP contribution in [0.25, 0.3) is 22.0 Å². The minimum absolute atomic E-state index is 0.181. The standard InChI is InChI=1S/C26H19BrClN3O2/c1-15(32)31-23(16-7-9-18(27)10-8-16)14-22(30-31)25-24(17-5-3-2-4-6-17)20-13-19(28)11-12-21(20)29-26(25)33/h2-13,23H,14H2,1H3,(H,29,33)/t23-/m0/s1. The second-order valence-electron chi connectivity index (χ2n) is 7.94. The number of H-pyrrole nitrogens is 1. The maximum atomic E-state index is 13.4. The molecule has 5 nitrogen and oxygen atoms in total. The van der Waals surface area contributed by atoms with Gasteiger partial charge in [-0.3, -0.25) is 9.59 Å². The zero-order valence-corrected chi connectivity index (χ0v) is 20.0. The molecule has 0 aliphatic carbocycles. The minimum atomic E-state index is -0.288. The topological polar surface area (TPSA) is 65.5 Å². The lowest BCUT2D eigenvalue weighted by Gasteiger charge is -2.20. The van der Waals surface area contributed by atoms with Crippen LogP contribution in [-0.4, -0.2) is 21.6 Å². The van der Waals surface area contributed by atoms with E-state index in [2.05, 4.69) is 26.0 Å². The molecule has 0 radical (unpaired) electrons. The average molecular weight is 521 g/mol. The number of aromatic nitrogens is 1. The van der Waals surface area contributed by atoms with E-state index in [1.807, 2.05) is 60.7 Å². The number of carbonyl (C=O) groups excluding carboxylic acids is 1. The first-order chi connectivity index (χ1) is 15.9. The number of hydrazone groups is 1. The van der Waals surface area contributed by atoms with E-state index in [4.69, 9.17) is 11.6 Å². The van der Waals surface area contributed by atoms with Gasteiger partial charge in [-0.1, -0.05) is 70.0 Å². The van der Waals surface area contributed by atoms with E-state index in [1.165, 1.54) is 11.9 Å². The normalized spacial score (nSPS) is 15.7. The van der Waals surface area contributed by atoms with Gasteiger partial charge in [-0.15, -0.1) is 0 Å². The number of halogens is 2. The lowest BCUT2D eigenvalue weighted by Crippen LogP contribution is -2.24. The van der Waals surface area contributed by atoms with Crippen LogP contribution >= 0.6 is 27.5 Å². The monoisotopic (exact) mass is 519 g/mol. The molecule has 1 atom stereocenters. The molecular weight excluding hydrogens is 502 g/mol. The van der Waals surface area contributed by atoms with Crippen molar-refractivity contribution >= 4 is 50.1 Å². The number of nitrogens with one attached hydrogen (secondary N) is 1. The van der Waals surface area contributed by atoms with Crippen LogP contribution in [0.3, 0.4) is 0 Å². The largest absolute Gasteiger partial charge is 0.321 e. The number of benzene rings is 3. The highest BCUT2D eigenvalue weighted by Gasteiger charge is 2.34. The van der Waals surface area contributed by atoms with Crippen LogP contribution in [0, 0.1) is 0 Å². The van der Waals surface area contributed by atoms with Crippen LogP contribution in [0.15, 0.2) is 87.2 Å². The smallest absolute Gasteiger partial charge is 0.258 e. The first kappa shape index (κ1) is 21.6. The van der Waals surface area contributed by atoms with Crippen molar-refractivity contribution in [2.75, 3.05) is 0 Å². The van der Waals surface area contributed by atoms with Crippen molar-refractivity contribution in [3.63, 3.8) is 0 Å². The molecule has 2 heterocycles. The first-order valence-corrected chi connectivity index (χ1v) is 11.6. The van der Waals surface area contributed by atoms with Crippen LogP contribution in [0.4, 0.5) is 0 Å². The fourth-order valence-corrected chi connectivity index (χ4v) is 4.78. The van der Waals surface area contributed by atoms with Crippen LogP contribution in [0.1, 0.15) is 30.5 Å². The second kappa shape index (κ2) is 8.61. The van der Waals surface area contributed by atoms with E-state index in [9.17, 15) is 9.59 Å². The summed E-state index contributed by atoms with van der Waals surface area (Å²) in [5, 5.41) is 7.52. The van der Waals surface area contributed by atoms with E-state index in [0.29, 0.717) is 28.2 Å². The number of nitrogens with zero attached hydrogens (tertiary/aromatic N) is 2. The van der Waals surface area contributed by atoms with Crippen LogP contribution < -0.4 is 5.56 Å². The number of aromatic amines is 1. The van der Waals surface area contributed by atoms with E-state index >= 15 is 0 Å². The highest BCUT2D eigenvalue weighted by molar-refractivity contribution is 9.10. The molecule has 5 rings (SSSR count). The van der Waals surface area contributed by atoms with Crippen molar-refractivity contribution in [2.45, 2.75) is 19.4 Å². The Hall–Kier alpha value is -3.22. The third kappa shape index (κ3) is 4.01. The maximum absolute atomic E-state index is 13.4. The van der Waals surface area contributed by atoms with Crippen molar-refractivity contribution < 1.29 is 4.79 Å². The van der Waals surface area contributed by atoms with Crippen molar-refractivity contribution in [1.82, 2.24) is 9.99 Å². The molecule has 0 saturated carbocycles. The summed E-state index contributed by atoms with van der Waals surface area (Å²) in [4.78, 5) is 28.8. The Labute approximate surface area is 203 Å². The number of hydrogen-bond acceptors (Lipinski definition) is 3. The summed E-state index contributed by atoms with van der Waals surface area (Å²) < 4.78 is 0.953.